The molecule has 0 saturated heterocycles. The van der Waals surface area contributed by atoms with Crippen LogP contribution in [0.4, 0.5) is 0 Å². The molecule has 0 unspecified atom stereocenters. The van der Waals surface area contributed by atoms with Gasteiger partial charge in [0.1, 0.15) is 0 Å². The van der Waals surface area contributed by atoms with Crippen molar-refractivity contribution in [2.45, 2.75) is 24.6 Å². The molecule has 4 nitrogen and oxygen atoms in total. The Bertz CT molecular complexity index is 466. The van der Waals surface area contributed by atoms with Gasteiger partial charge in [0.05, 0.1) is 0 Å². The quantitative estimate of drug-likeness (QED) is 0.309. The van der Waals surface area contributed by atoms with Crippen LogP contribution in [-0.2, 0) is 19.1 Å². The average molecular weight is 355 g/mol. The summed E-state index contributed by atoms with van der Waals surface area (Å²) >= 11 is -0.443. The van der Waals surface area contributed by atoms with E-state index in [-0.39, 0.29) is 19.6 Å². The molecule has 0 aliphatic heterocycles. The van der Waals surface area contributed by atoms with Gasteiger partial charge < -0.3 is 0 Å². The second-order valence-corrected chi connectivity index (χ2v) is 7.06. The molecule has 0 heterocycles. The number of allylic oxidation sites excluding steroid dienone is 1. The van der Waals surface area contributed by atoms with Crippen LogP contribution < -0.4 is 4.46 Å². The van der Waals surface area contributed by atoms with E-state index in [4.69, 9.17) is 9.47 Å². The molecule has 1 rings (SSSR count). The first kappa shape index (κ1) is 17.5. The third kappa shape index (κ3) is 4.45. The van der Waals surface area contributed by atoms with Crippen LogP contribution in [0.3, 0.4) is 0 Å². The molecule has 114 valence electrons. The summed E-state index contributed by atoms with van der Waals surface area (Å²) in [5.41, 5.74) is 0. The standard InChI is InChI=1S/C16H20O4Se/c1-4-12-16(14(17)19-5-2,15(18)20-6-3)21-13-10-8-7-9-11-13/h4,7-11H,1,5-6,12H2,2-3H3. The number of hydrogen-bond donors (Lipinski definition) is 0. The number of carbonyl (C=O) groups is 2. The second-order valence-electron chi connectivity index (χ2n) is 4.18. The number of rotatable bonds is 8. The normalized spacial score (nSPS) is 10.8. The van der Waals surface area contributed by atoms with Crippen molar-refractivity contribution in [3.8, 4) is 0 Å². The van der Waals surface area contributed by atoms with Gasteiger partial charge in [-0.1, -0.05) is 0 Å². The Morgan fingerprint density at radius 3 is 2.10 bits per heavy atom. The summed E-state index contributed by atoms with van der Waals surface area (Å²) in [5.74, 6) is -1.07. The molecule has 1 aromatic rings. The molecule has 0 N–H and O–H groups in total. The van der Waals surface area contributed by atoms with Gasteiger partial charge in [0.25, 0.3) is 0 Å². The number of hydrogen-bond acceptors (Lipinski definition) is 4. The number of ether oxygens (including phenoxy) is 2. The summed E-state index contributed by atoms with van der Waals surface area (Å²) in [6.45, 7) is 7.55. The second kappa shape index (κ2) is 8.65. The number of esters is 2. The van der Waals surface area contributed by atoms with E-state index >= 15 is 0 Å². The van der Waals surface area contributed by atoms with Crippen LogP contribution in [0.1, 0.15) is 20.3 Å². The summed E-state index contributed by atoms with van der Waals surface area (Å²) in [5, 5.41) is 0. The van der Waals surface area contributed by atoms with Gasteiger partial charge in [-0.05, 0) is 0 Å². The van der Waals surface area contributed by atoms with Crippen molar-refractivity contribution >= 4 is 31.4 Å². The van der Waals surface area contributed by atoms with E-state index in [0.29, 0.717) is 0 Å². The van der Waals surface area contributed by atoms with Crippen molar-refractivity contribution in [2.24, 2.45) is 0 Å². The summed E-state index contributed by atoms with van der Waals surface area (Å²) in [6.07, 6.45) is 1.78. The van der Waals surface area contributed by atoms with E-state index in [1.54, 1.807) is 19.9 Å². The van der Waals surface area contributed by atoms with Crippen LogP contribution >= 0.6 is 0 Å². The Kier molecular flexibility index (Phi) is 7.20. The van der Waals surface area contributed by atoms with Crippen LogP contribution in [0.25, 0.3) is 0 Å². The monoisotopic (exact) mass is 356 g/mol. The average Bonchev–Trinajstić information content (AvgIpc) is 2.48. The van der Waals surface area contributed by atoms with Gasteiger partial charge >= 0.3 is 131 Å². The molecule has 0 amide bonds. The van der Waals surface area contributed by atoms with Crippen LogP contribution in [0.5, 0.6) is 0 Å². The van der Waals surface area contributed by atoms with Gasteiger partial charge in [-0.25, -0.2) is 0 Å². The van der Waals surface area contributed by atoms with Crippen molar-refractivity contribution in [2.75, 3.05) is 13.2 Å². The fourth-order valence-electron chi connectivity index (χ4n) is 1.76. The number of carbonyl (C=O) groups excluding carboxylic acids is 2. The molecular weight excluding hydrogens is 335 g/mol. The summed E-state index contributed by atoms with van der Waals surface area (Å²) in [4.78, 5) is 24.8. The van der Waals surface area contributed by atoms with Crippen molar-refractivity contribution < 1.29 is 19.1 Å². The number of benzene rings is 1. The SMILES string of the molecule is C=CCC([Se]c1ccccc1)(C(=O)OCC)C(=O)OCC. The Morgan fingerprint density at radius 2 is 1.67 bits per heavy atom. The fourth-order valence-corrected chi connectivity index (χ4v) is 4.24. The zero-order valence-electron chi connectivity index (χ0n) is 12.3. The van der Waals surface area contributed by atoms with Crippen molar-refractivity contribution in [1.82, 2.24) is 0 Å². The maximum atomic E-state index is 12.4. The van der Waals surface area contributed by atoms with Crippen molar-refractivity contribution in [3.63, 3.8) is 0 Å². The van der Waals surface area contributed by atoms with Gasteiger partial charge in [0, 0.05) is 0 Å². The molecule has 0 radical (unpaired) electrons. The Morgan fingerprint density at radius 1 is 1.14 bits per heavy atom. The van der Waals surface area contributed by atoms with Crippen LogP contribution in [-0.4, -0.2) is 40.1 Å². The molecule has 0 spiro atoms. The van der Waals surface area contributed by atoms with Gasteiger partial charge in [-0.15, -0.1) is 0 Å². The molecule has 0 saturated carbocycles. The minimum atomic E-state index is -1.30. The first-order valence-electron chi connectivity index (χ1n) is 6.80. The zero-order chi connectivity index (χ0) is 15.7. The van der Waals surface area contributed by atoms with Crippen LogP contribution in [0.15, 0.2) is 43.0 Å². The third-order valence-electron chi connectivity index (χ3n) is 2.68. The molecule has 21 heavy (non-hydrogen) atoms. The first-order valence-corrected chi connectivity index (χ1v) is 8.51. The van der Waals surface area contributed by atoms with Gasteiger partial charge in [-0.2, -0.15) is 0 Å². The van der Waals surface area contributed by atoms with E-state index in [9.17, 15) is 9.59 Å². The van der Waals surface area contributed by atoms with E-state index in [2.05, 4.69) is 6.58 Å². The van der Waals surface area contributed by atoms with E-state index in [1.165, 1.54) is 0 Å². The fraction of sp³-hybridized carbons (Fsp3) is 0.375. The van der Waals surface area contributed by atoms with E-state index in [1.807, 2.05) is 30.3 Å². The maximum absolute atomic E-state index is 12.4. The Balaban J connectivity index is 3.18. The molecule has 0 bridgehead atoms. The molecule has 1 aromatic carbocycles. The van der Waals surface area contributed by atoms with Crippen LogP contribution in [0.2, 0.25) is 4.31 Å². The molecular formula is C16H20O4Se. The van der Waals surface area contributed by atoms with Gasteiger partial charge in [0.15, 0.2) is 0 Å². The molecule has 5 heteroatoms. The summed E-state index contributed by atoms with van der Waals surface area (Å²) < 4.78 is 9.89. The first-order chi connectivity index (χ1) is 10.1. The predicted molar refractivity (Wildman–Crippen MR) is 82.6 cm³/mol. The summed E-state index contributed by atoms with van der Waals surface area (Å²) in [7, 11) is 0. The van der Waals surface area contributed by atoms with Crippen molar-refractivity contribution in [3.05, 3.63) is 43.0 Å². The van der Waals surface area contributed by atoms with Crippen LogP contribution in [0, 0.1) is 0 Å². The van der Waals surface area contributed by atoms with E-state index in [0.717, 1.165) is 4.46 Å². The predicted octanol–water partition coefficient (Wildman–Crippen LogP) is 1.88. The van der Waals surface area contributed by atoms with Gasteiger partial charge in [0.2, 0.25) is 0 Å². The third-order valence-corrected chi connectivity index (χ3v) is 5.52. The summed E-state index contributed by atoms with van der Waals surface area (Å²) in [6, 6.07) is 9.45. The topological polar surface area (TPSA) is 52.6 Å². The molecule has 0 aromatic heterocycles. The Labute approximate surface area is 131 Å². The minimum absolute atomic E-state index is 0.208. The zero-order valence-corrected chi connectivity index (χ0v) is 14.0. The Hall–Kier alpha value is -1.58. The van der Waals surface area contributed by atoms with Crippen molar-refractivity contribution in [1.29, 1.82) is 0 Å². The van der Waals surface area contributed by atoms with Gasteiger partial charge in [-0.3, -0.25) is 0 Å². The molecule has 0 aliphatic carbocycles. The molecule has 0 aliphatic rings. The van der Waals surface area contributed by atoms with E-state index < -0.39 is 31.2 Å². The molecule has 0 atom stereocenters. The molecule has 0 fully saturated rings.